The zero-order valence-electron chi connectivity index (χ0n) is 10.9. The minimum Gasteiger partial charge on any atom is -0.292 e. The first-order valence-corrected chi connectivity index (χ1v) is 7.44. The van der Waals surface area contributed by atoms with Gasteiger partial charge in [0.25, 0.3) is 0 Å². The standard InChI is InChI=1S/C15H10Cl3FN2/c1-8(16)15-20-12-4-2-3-5-13(12)21(15)14-10(17)6-9(19)7-11(14)18/h2-8H,1H3. The molecule has 2 aromatic carbocycles. The molecule has 1 unspecified atom stereocenters. The van der Waals surface area contributed by atoms with Gasteiger partial charge in [-0.3, -0.25) is 4.57 Å². The molecule has 0 spiro atoms. The second kappa shape index (κ2) is 5.48. The smallest absolute Gasteiger partial charge is 0.132 e. The van der Waals surface area contributed by atoms with Crippen LogP contribution in [-0.2, 0) is 0 Å². The number of rotatable bonds is 2. The van der Waals surface area contributed by atoms with Crippen LogP contribution in [0.25, 0.3) is 16.7 Å². The van der Waals surface area contributed by atoms with E-state index in [4.69, 9.17) is 34.8 Å². The lowest BCUT2D eigenvalue weighted by Crippen LogP contribution is -2.04. The molecule has 2 nitrogen and oxygen atoms in total. The van der Waals surface area contributed by atoms with Crippen LogP contribution in [0.3, 0.4) is 0 Å². The first-order valence-electron chi connectivity index (χ1n) is 6.25. The van der Waals surface area contributed by atoms with E-state index in [1.54, 1.807) is 4.57 Å². The molecular formula is C15H10Cl3FN2. The van der Waals surface area contributed by atoms with Crippen LogP contribution in [0.5, 0.6) is 0 Å². The van der Waals surface area contributed by atoms with Crippen molar-refractivity contribution in [2.45, 2.75) is 12.3 Å². The monoisotopic (exact) mass is 342 g/mol. The van der Waals surface area contributed by atoms with E-state index in [1.807, 2.05) is 31.2 Å². The van der Waals surface area contributed by atoms with Gasteiger partial charge in [-0.05, 0) is 31.2 Å². The summed E-state index contributed by atoms with van der Waals surface area (Å²) in [6.07, 6.45) is 0. The summed E-state index contributed by atoms with van der Waals surface area (Å²) in [5, 5.41) is 0.0676. The molecule has 108 valence electrons. The highest BCUT2D eigenvalue weighted by Crippen LogP contribution is 2.36. The van der Waals surface area contributed by atoms with Gasteiger partial charge in [0.15, 0.2) is 0 Å². The molecule has 1 aromatic heterocycles. The van der Waals surface area contributed by atoms with E-state index in [2.05, 4.69) is 4.98 Å². The molecular weight excluding hydrogens is 334 g/mol. The summed E-state index contributed by atoms with van der Waals surface area (Å²) in [6.45, 7) is 1.81. The Morgan fingerprint density at radius 2 is 1.76 bits per heavy atom. The predicted octanol–water partition coefficient (Wildman–Crippen LogP) is 5.77. The van der Waals surface area contributed by atoms with Crippen LogP contribution in [0.15, 0.2) is 36.4 Å². The summed E-state index contributed by atoms with van der Waals surface area (Å²) in [7, 11) is 0. The molecule has 0 aliphatic rings. The van der Waals surface area contributed by atoms with Crippen LogP contribution in [-0.4, -0.2) is 9.55 Å². The van der Waals surface area contributed by atoms with Gasteiger partial charge in [-0.2, -0.15) is 0 Å². The van der Waals surface area contributed by atoms with Crippen molar-refractivity contribution < 1.29 is 4.39 Å². The van der Waals surface area contributed by atoms with Gasteiger partial charge in [0.05, 0.1) is 32.1 Å². The summed E-state index contributed by atoms with van der Waals surface area (Å²) < 4.78 is 15.2. The first kappa shape index (κ1) is 14.6. The lowest BCUT2D eigenvalue weighted by Gasteiger charge is -2.14. The molecule has 0 saturated carbocycles. The highest BCUT2D eigenvalue weighted by molar-refractivity contribution is 6.38. The Morgan fingerprint density at radius 1 is 1.14 bits per heavy atom. The maximum absolute atomic E-state index is 13.4. The molecule has 0 bridgehead atoms. The Balaban J connectivity index is 2.42. The molecule has 6 heteroatoms. The van der Waals surface area contributed by atoms with Gasteiger partial charge in [-0.25, -0.2) is 9.37 Å². The van der Waals surface area contributed by atoms with E-state index in [0.717, 1.165) is 11.0 Å². The van der Waals surface area contributed by atoms with Gasteiger partial charge < -0.3 is 0 Å². The number of imidazole rings is 1. The summed E-state index contributed by atoms with van der Waals surface area (Å²) in [4.78, 5) is 4.51. The lowest BCUT2D eigenvalue weighted by atomic mass is 10.2. The van der Waals surface area contributed by atoms with Crippen molar-refractivity contribution in [3.63, 3.8) is 0 Å². The second-order valence-corrected chi connectivity index (χ2v) is 6.10. The van der Waals surface area contributed by atoms with Crippen molar-refractivity contribution in [3.05, 3.63) is 58.1 Å². The minimum atomic E-state index is -0.487. The third-order valence-electron chi connectivity index (χ3n) is 3.15. The van der Waals surface area contributed by atoms with E-state index in [9.17, 15) is 4.39 Å². The fourth-order valence-electron chi connectivity index (χ4n) is 2.29. The molecule has 0 amide bonds. The van der Waals surface area contributed by atoms with E-state index in [-0.39, 0.29) is 15.4 Å². The Labute approximate surface area is 136 Å². The van der Waals surface area contributed by atoms with Crippen molar-refractivity contribution >= 4 is 45.8 Å². The zero-order chi connectivity index (χ0) is 15.1. The highest BCUT2D eigenvalue weighted by Gasteiger charge is 2.20. The Hall–Kier alpha value is -1.29. The Kier molecular flexibility index (Phi) is 3.82. The van der Waals surface area contributed by atoms with Crippen molar-refractivity contribution in [2.75, 3.05) is 0 Å². The van der Waals surface area contributed by atoms with Crippen molar-refractivity contribution in [3.8, 4) is 5.69 Å². The summed E-state index contributed by atoms with van der Waals surface area (Å²) >= 11 is 18.6. The number of aromatic nitrogens is 2. The molecule has 3 rings (SSSR count). The molecule has 0 aliphatic heterocycles. The SMILES string of the molecule is CC(Cl)c1nc2ccccc2n1-c1c(Cl)cc(F)cc1Cl. The van der Waals surface area contributed by atoms with Crippen LogP contribution in [0.4, 0.5) is 4.39 Å². The van der Waals surface area contributed by atoms with Crippen molar-refractivity contribution in [1.82, 2.24) is 9.55 Å². The maximum atomic E-state index is 13.4. The Bertz CT molecular complexity index is 804. The molecule has 0 fully saturated rings. The van der Waals surface area contributed by atoms with Gasteiger partial charge in [0.2, 0.25) is 0 Å². The molecule has 0 saturated heterocycles. The molecule has 1 atom stereocenters. The average molecular weight is 344 g/mol. The summed E-state index contributed by atoms with van der Waals surface area (Å²) in [5.74, 6) is 0.118. The Morgan fingerprint density at radius 3 is 2.38 bits per heavy atom. The number of alkyl halides is 1. The quantitative estimate of drug-likeness (QED) is 0.540. The van der Waals surface area contributed by atoms with Crippen molar-refractivity contribution in [1.29, 1.82) is 0 Å². The van der Waals surface area contributed by atoms with Crippen LogP contribution in [0.1, 0.15) is 18.1 Å². The van der Waals surface area contributed by atoms with Crippen LogP contribution in [0, 0.1) is 5.82 Å². The van der Waals surface area contributed by atoms with Crippen LogP contribution >= 0.6 is 34.8 Å². The molecule has 0 radical (unpaired) electrons. The highest BCUT2D eigenvalue weighted by atomic mass is 35.5. The maximum Gasteiger partial charge on any atom is 0.132 e. The minimum absolute atomic E-state index is 0.210. The van der Waals surface area contributed by atoms with Crippen LogP contribution in [0.2, 0.25) is 10.0 Å². The van der Waals surface area contributed by atoms with E-state index in [0.29, 0.717) is 11.5 Å². The molecule has 1 heterocycles. The summed E-state index contributed by atoms with van der Waals surface area (Å²) in [5.41, 5.74) is 2.07. The number of hydrogen-bond donors (Lipinski definition) is 0. The first-order chi connectivity index (χ1) is 9.99. The number of nitrogens with zero attached hydrogens (tertiary/aromatic N) is 2. The van der Waals surface area contributed by atoms with E-state index in [1.165, 1.54) is 12.1 Å². The third-order valence-corrected chi connectivity index (χ3v) is 3.92. The van der Waals surface area contributed by atoms with Gasteiger partial charge in [-0.1, -0.05) is 35.3 Å². The molecule has 21 heavy (non-hydrogen) atoms. The number of para-hydroxylation sites is 2. The fourth-order valence-corrected chi connectivity index (χ4v) is 3.07. The topological polar surface area (TPSA) is 17.8 Å². The van der Waals surface area contributed by atoms with Gasteiger partial charge >= 0.3 is 0 Å². The third kappa shape index (κ3) is 2.50. The molecule has 0 N–H and O–H groups in total. The van der Waals surface area contributed by atoms with Crippen molar-refractivity contribution in [2.24, 2.45) is 0 Å². The predicted molar refractivity (Wildman–Crippen MR) is 85.3 cm³/mol. The van der Waals surface area contributed by atoms with Crippen LogP contribution < -0.4 is 0 Å². The fraction of sp³-hybridized carbons (Fsp3) is 0.133. The zero-order valence-corrected chi connectivity index (χ0v) is 13.2. The van der Waals surface area contributed by atoms with E-state index < -0.39 is 5.82 Å². The van der Waals surface area contributed by atoms with Gasteiger partial charge in [-0.15, -0.1) is 11.6 Å². The molecule has 0 aliphatic carbocycles. The number of benzene rings is 2. The van der Waals surface area contributed by atoms with Gasteiger partial charge in [0, 0.05) is 0 Å². The normalized spacial score (nSPS) is 12.8. The second-order valence-electron chi connectivity index (χ2n) is 4.63. The number of fused-ring (bicyclic) bond motifs is 1. The summed E-state index contributed by atoms with van der Waals surface area (Å²) in [6, 6.07) is 9.98. The largest absolute Gasteiger partial charge is 0.292 e. The lowest BCUT2D eigenvalue weighted by molar-refractivity contribution is 0.627. The van der Waals surface area contributed by atoms with E-state index >= 15 is 0 Å². The van der Waals surface area contributed by atoms with Gasteiger partial charge in [0.1, 0.15) is 11.6 Å². The average Bonchev–Trinajstić information content (AvgIpc) is 2.77. The number of halogens is 4. The molecule has 3 aromatic rings. The number of hydrogen-bond acceptors (Lipinski definition) is 1.